The van der Waals surface area contributed by atoms with Crippen molar-refractivity contribution in [2.75, 3.05) is 33.7 Å². The Morgan fingerprint density at radius 1 is 1.20 bits per heavy atom. The molecular weight excluding hydrogens is 310 g/mol. The summed E-state index contributed by atoms with van der Waals surface area (Å²) in [7, 11) is 6.23. The third-order valence-electron chi connectivity index (χ3n) is 4.80. The zero-order chi connectivity index (χ0) is 17.6. The topological polar surface area (TPSA) is 37.2 Å². The summed E-state index contributed by atoms with van der Waals surface area (Å²) in [6, 6.07) is 10.5. The largest absolute Gasteiger partial charge is 0.317 e. The van der Waals surface area contributed by atoms with Gasteiger partial charge in [0.05, 0.1) is 6.54 Å². The summed E-state index contributed by atoms with van der Waals surface area (Å²) >= 11 is 0. The van der Waals surface area contributed by atoms with Gasteiger partial charge in [-0.05, 0) is 39.0 Å². The van der Waals surface area contributed by atoms with Gasteiger partial charge in [-0.1, -0.05) is 42.5 Å². The monoisotopic (exact) mass is 339 g/mol. The second-order valence-corrected chi connectivity index (χ2v) is 7.18. The molecule has 0 spiro atoms. The molecule has 25 heavy (non-hydrogen) atoms. The fourth-order valence-corrected chi connectivity index (χ4v) is 3.49. The first-order valence-electron chi connectivity index (χ1n) is 9.10. The Balaban J connectivity index is 1.59. The number of hydrogen-bond acceptors (Lipinski definition) is 4. The van der Waals surface area contributed by atoms with Gasteiger partial charge < -0.3 is 9.47 Å². The summed E-state index contributed by atoms with van der Waals surface area (Å²) in [5, 5.41) is 8.89. The normalized spacial score (nSPS) is 19.1. The maximum Gasteiger partial charge on any atom is 0.146 e. The fourth-order valence-electron chi connectivity index (χ4n) is 3.49. The number of hydrogen-bond donors (Lipinski definition) is 0. The lowest BCUT2D eigenvalue weighted by atomic mass is 9.97. The lowest BCUT2D eigenvalue weighted by molar-refractivity contribution is 0.222. The van der Waals surface area contributed by atoms with Crippen molar-refractivity contribution in [2.45, 2.75) is 25.3 Å². The lowest BCUT2D eigenvalue weighted by Crippen LogP contribution is -2.35. The molecule has 1 aliphatic heterocycles. The Morgan fingerprint density at radius 3 is 2.76 bits per heavy atom. The van der Waals surface area contributed by atoms with Crippen LogP contribution in [0.15, 0.2) is 36.4 Å². The highest BCUT2D eigenvalue weighted by Crippen LogP contribution is 2.25. The quantitative estimate of drug-likeness (QED) is 0.811. The zero-order valence-corrected chi connectivity index (χ0v) is 15.6. The van der Waals surface area contributed by atoms with Crippen LogP contribution in [0.2, 0.25) is 0 Å². The summed E-state index contributed by atoms with van der Waals surface area (Å²) in [6.45, 7) is 4.05. The third-order valence-corrected chi connectivity index (χ3v) is 4.80. The number of aromatic nitrogens is 3. The first-order chi connectivity index (χ1) is 12.1. The van der Waals surface area contributed by atoms with E-state index < -0.39 is 0 Å². The summed E-state index contributed by atoms with van der Waals surface area (Å²) in [5.74, 6) is 2.65. The smallest absolute Gasteiger partial charge is 0.146 e. The number of nitrogens with zero attached hydrogens (tertiary/aromatic N) is 5. The Labute approximate surface area is 151 Å². The van der Waals surface area contributed by atoms with E-state index in [4.69, 9.17) is 0 Å². The van der Waals surface area contributed by atoms with E-state index >= 15 is 0 Å². The van der Waals surface area contributed by atoms with Crippen LogP contribution in [0.5, 0.6) is 0 Å². The van der Waals surface area contributed by atoms with Crippen molar-refractivity contribution in [3.63, 3.8) is 0 Å². The Morgan fingerprint density at radius 2 is 2.00 bits per heavy atom. The first-order valence-corrected chi connectivity index (χ1v) is 9.10. The Bertz CT molecular complexity index is 689. The average molecular weight is 339 g/mol. The third kappa shape index (κ3) is 4.77. The van der Waals surface area contributed by atoms with Gasteiger partial charge in [0.2, 0.25) is 0 Å². The van der Waals surface area contributed by atoms with E-state index in [1.165, 1.54) is 18.4 Å². The lowest BCUT2D eigenvalue weighted by Gasteiger charge is -2.31. The molecule has 5 nitrogen and oxygen atoms in total. The fraction of sp³-hybridized carbons (Fsp3) is 0.500. The molecule has 0 amide bonds. The molecule has 3 rings (SSSR count). The van der Waals surface area contributed by atoms with Gasteiger partial charge >= 0.3 is 0 Å². The molecule has 0 saturated carbocycles. The number of piperidine rings is 1. The van der Waals surface area contributed by atoms with Crippen LogP contribution in [0.25, 0.3) is 6.08 Å². The van der Waals surface area contributed by atoms with E-state index in [1.54, 1.807) is 0 Å². The Hall–Kier alpha value is -1.98. The molecule has 1 atom stereocenters. The van der Waals surface area contributed by atoms with Gasteiger partial charge in [-0.3, -0.25) is 4.90 Å². The minimum atomic E-state index is 0.479. The van der Waals surface area contributed by atoms with Gasteiger partial charge in [-0.2, -0.15) is 0 Å². The standard InChI is InChI=1S/C20H29N5/c1-23(2)16-19-21-22-20(24(19)3)18-12-8-14-25(15-18)13-7-11-17-9-5-4-6-10-17/h4-7,9-11,18H,8,12-16H2,1-3H3/b11-7+/t18-/m0/s1. The van der Waals surface area contributed by atoms with E-state index in [2.05, 4.69) is 88.2 Å². The molecule has 0 bridgehead atoms. The maximum absolute atomic E-state index is 4.50. The Kier molecular flexibility index (Phi) is 6.00. The van der Waals surface area contributed by atoms with Crippen LogP contribution in [0.3, 0.4) is 0 Å². The summed E-state index contributed by atoms with van der Waals surface area (Å²) in [6.07, 6.45) is 6.90. The highest BCUT2D eigenvalue weighted by atomic mass is 15.3. The molecule has 5 heteroatoms. The summed E-state index contributed by atoms with van der Waals surface area (Å²) in [4.78, 5) is 4.66. The van der Waals surface area contributed by atoms with Gasteiger partial charge in [0.25, 0.3) is 0 Å². The summed E-state index contributed by atoms with van der Waals surface area (Å²) < 4.78 is 2.19. The van der Waals surface area contributed by atoms with Gasteiger partial charge in [0, 0.05) is 26.1 Å². The summed E-state index contributed by atoms with van der Waals surface area (Å²) in [5.41, 5.74) is 1.26. The highest BCUT2D eigenvalue weighted by Gasteiger charge is 2.25. The molecule has 0 radical (unpaired) electrons. The molecule has 0 N–H and O–H groups in total. The SMILES string of the molecule is CN(C)Cc1nnc([C@H]2CCCN(C/C=C/c3ccccc3)C2)n1C. The van der Waals surface area contributed by atoms with Crippen molar-refractivity contribution in [3.8, 4) is 0 Å². The zero-order valence-electron chi connectivity index (χ0n) is 15.6. The van der Waals surface area contributed by atoms with E-state index in [9.17, 15) is 0 Å². The minimum Gasteiger partial charge on any atom is -0.317 e. The number of likely N-dealkylation sites (tertiary alicyclic amines) is 1. The van der Waals surface area contributed by atoms with Crippen molar-refractivity contribution in [1.29, 1.82) is 0 Å². The van der Waals surface area contributed by atoms with Crippen LogP contribution in [0.1, 0.15) is 36.0 Å². The van der Waals surface area contributed by atoms with E-state index in [1.807, 2.05) is 0 Å². The van der Waals surface area contributed by atoms with Crippen LogP contribution < -0.4 is 0 Å². The van der Waals surface area contributed by atoms with Crippen LogP contribution in [-0.2, 0) is 13.6 Å². The van der Waals surface area contributed by atoms with Gasteiger partial charge in [-0.15, -0.1) is 10.2 Å². The van der Waals surface area contributed by atoms with E-state index in [-0.39, 0.29) is 0 Å². The first kappa shape index (κ1) is 17.8. The molecule has 0 unspecified atom stereocenters. The second kappa shape index (κ2) is 8.41. The molecule has 1 aliphatic rings. The molecule has 1 aromatic heterocycles. The van der Waals surface area contributed by atoms with Crippen molar-refractivity contribution in [2.24, 2.45) is 7.05 Å². The predicted molar refractivity (Wildman–Crippen MR) is 102 cm³/mol. The highest BCUT2D eigenvalue weighted by molar-refractivity contribution is 5.48. The van der Waals surface area contributed by atoms with Crippen molar-refractivity contribution in [1.82, 2.24) is 24.6 Å². The van der Waals surface area contributed by atoms with Crippen molar-refractivity contribution < 1.29 is 0 Å². The maximum atomic E-state index is 4.50. The predicted octanol–water partition coefficient (Wildman–Crippen LogP) is 2.77. The van der Waals surface area contributed by atoms with Crippen molar-refractivity contribution in [3.05, 3.63) is 53.6 Å². The van der Waals surface area contributed by atoms with E-state index in [0.717, 1.165) is 37.8 Å². The van der Waals surface area contributed by atoms with Crippen molar-refractivity contribution >= 4 is 6.08 Å². The molecule has 1 aromatic carbocycles. The van der Waals surface area contributed by atoms with Gasteiger partial charge in [0.1, 0.15) is 11.6 Å². The van der Waals surface area contributed by atoms with E-state index in [0.29, 0.717) is 5.92 Å². The molecule has 134 valence electrons. The number of rotatable bonds is 6. The molecule has 2 heterocycles. The van der Waals surface area contributed by atoms with Gasteiger partial charge in [0.15, 0.2) is 0 Å². The molecule has 1 saturated heterocycles. The molecular formula is C20H29N5. The average Bonchev–Trinajstić information content (AvgIpc) is 2.96. The van der Waals surface area contributed by atoms with Crippen LogP contribution >= 0.6 is 0 Å². The second-order valence-electron chi connectivity index (χ2n) is 7.18. The molecule has 1 fully saturated rings. The minimum absolute atomic E-state index is 0.479. The number of benzene rings is 1. The molecule has 2 aromatic rings. The van der Waals surface area contributed by atoms with Crippen LogP contribution in [0, 0.1) is 0 Å². The van der Waals surface area contributed by atoms with Crippen LogP contribution in [-0.4, -0.2) is 58.3 Å². The van der Waals surface area contributed by atoms with Crippen LogP contribution in [0.4, 0.5) is 0 Å². The van der Waals surface area contributed by atoms with Gasteiger partial charge in [-0.25, -0.2) is 0 Å². The molecule has 0 aliphatic carbocycles.